The van der Waals surface area contributed by atoms with Crippen molar-refractivity contribution < 1.29 is 0 Å². The Kier molecular flexibility index (Phi) is 5.28. The summed E-state index contributed by atoms with van der Waals surface area (Å²) in [5.74, 6) is 0.978. The average molecular weight is 377 g/mol. The first kappa shape index (κ1) is 19.5. The van der Waals surface area contributed by atoms with Crippen molar-refractivity contribution in [2.24, 2.45) is 0 Å². The van der Waals surface area contributed by atoms with Crippen molar-refractivity contribution in [1.29, 1.82) is 0 Å². The van der Waals surface area contributed by atoms with Gasteiger partial charge in [0.15, 0.2) is 7.85 Å². The second-order valence-corrected chi connectivity index (χ2v) is 8.61. The fraction of sp³-hybridized carbons (Fsp3) is 0.222. The highest BCUT2D eigenvalue weighted by molar-refractivity contribution is 6.32. The molecule has 144 valence electrons. The predicted octanol–water partition coefficient (Wildman–Crippen LogP) is 6.07. The summed E-state index contributed by atoms with van der Waals surface area (Å²) in [6.45, 7) is 9.00. The van der Waals surface area contributed by atoms with Gasteiger partial charge in [0.25, 0.3) is 0 Å². The Hall–Kier alpha value is -2.87. The number of hydrogen-bond acceptors (Lipinski definition) is 1. The zero-order valence-electron chi connectivity index (χ0n) is 18.0. The molecule has 0 saturated heterocycles. The van der Waals surface area contributed by atoms with E-state index in [1.54, 1.807) is 0 Å². The fourth-order valence-corrected chi connectivity index (χ4v) is 3.91. The van der Waals surface area contributed by atoms with Gasteiger partial charge in [-0.2, -0.15) is 0 Å². The molecule has 0 atom stereocenters. The van der Waals surface area contributed by atoms with Gasteiger partial charge in [-0.05, 0) is 63.3 Å². The van der Waals surface area contributed by atoms with E-state index in [0.29, 0.717) is 11.8 Å². The lowest BCUT2D eigenvalue weighted by molar-refractivity contribution is 0.867. The summed E-state index contributed by atoms with van der Waals surface area (Å²) in [5.41, 5.74) is 8.55. The maximum Gasteiger partial charge on any atom is 0.163 e. The van der Waals surface area contributed by atoms with Crippen molar-refractivity contribution in [3.05, 3.63) is 83.9 Å². The molecule has 4 rings (SSSR count). The van der Waals surface area contributed by atoms with Crippen LogP contribution in [0, 0.1) is 0 Å². The van der Waals surface area contributed by atoms with Crippen LogP contribution in [0.4, 0.5) is 0 Å². The number of hydrogen-bond donors (Lipinski definition) is 0. The van der Waals surface area contributed by atoms with Crippen molar-refractivity contribution in [3.63, 3.8) is 0 Å². The zero-order chi connectivity index (χ0) is 20.5. The van der Waals surface area contributed by atoms with Crippen LogP contribution >= 0.6 is 0 Å². The minimum atomic E-state index is 0.459. The average Bonchev–Trinajstić information content (AvgIpc) is 2.72. The first-order valence-corrected chi connectivity index (χ1v) is 10.5. The van der Waals surface area contributed by atoms with Crippen LogP contribution in [0.1, 0.15) is 50.7 Å². The zero-order valence-corrected chi connectivity index (χ0v) is 18.0. The highest BCUT2D eigenvalue weighted by Crippen LogP contribution is 2.34. The van der Waals surface area contributed by atoms with Crippen LogP contribution in [0.5, 0.6) is 0 Å². The van der Waals surface area contributed by atoms with E-state index in [4.69, 9.17) is 4.98 Å². The number of fused-ring (bicyclic) bond motifs is 1. The molecule has 0 N–H and O–H groups in total. The van der Waals surface area contributed by atoms with Crippen molar-refractivity contribution in [3.8, 4) is 22.4 Å². The van der Waals surface area contributed by atoms with Gasteiger partial charge in [-0.3, -0.25) is 4.98 Å². The Balaban J connectivity index is 1.96. The van der Waals surface area contributed by atoms with Crippen LogP contribution in [0.15, 0.2) is 72.8 Å². The lowest BCUT2D eigenvalue weighted by atomic mass is 9.90. The first-order valence-electron chi connectivity index (χ1n) is 10.5. The third-order valence-electron chi connectivity index (χ3n) is 5.65. The molecule has 0 fully saturated rings. The van der Waals surface area contributed by atoms with Gasteiger partial charge in [-0.15, -0.1) is 0 Å². The smallest absolute Gasteiger partial charge is 0.163 e. The maximum absolute atomic E-state index is 4.98. The Morgan fingerprint density at radius 1 is 0.655 bits per heavy atom. The summed E-state index contributed by atoms with van der Waals surface area (Å²) in [6, 6.07) is 26.6. The number of nitrogens with zero attached hydrogens (tertiary/aromatic N) is 1. The molecule has 4 aromatic rings. The lowest BCUT2D eigenvalue weighted by Crippen LogP contribution is -2.09. The van der Waals surface area contributed by atoms with Crippen LogP contribution in [-0.2, 0) is 0 Å². The summed E-state index contributed by atoms with van der Waals surface area (Å²) in [7, 11) is 2.09. The van der Waals surface area contributed by atoms with E-state index in [-0.39, 0.29) is 0 Å². The molecule has 0 saturated carbocycles. The molecular weight excluding hydrogens is 349 g/mol. The number of pyridine rings is 1. The van der Waals surface area contributed by atoms with Gasteiger partial charge in [0, 0.05) is 10.9 Å². The largest absolute Gasteiger partial charge is 0.263 e. The molecule has 0 spiro atoms. The molecular formula is C27H28BN. The van der Waals surface area contributed by atoms with Crippen molar-refractivity contribution in [2.75, 3.05) is 0 Å². The Morgan fingerprint density at radius 3 is 2.03 bits per heavy atom. The lowest BCUT2D eigenvalue weighted by Gasteiger charge is -2.15. The molecule has 0 radical (unpaired) electrons. The van der Waals surface area contributed by atoms with Gasteiger partial charge in [0.2, 0.25) is 0 Å². The van der Waals surface area contributed by atoms with Crippen LogP contribution in [0.2, 0.25) is 0 Å². The highest BCUT2D eigenvalue weighted by atomic mass is 14.7. The third kappa shape index (κ3) is 3.98. The monoisotopic (exact) mass is 377 g/mol. The fourth-order valence-electron chi connectivity index (χ4n) is 3.91. The molecule has 0 aliphatic heterocycles. The van der Waals surface area contributed by atoms with E-state index in [1.165, 1.54) is 38.6 Å². The number of benzene rings is 3. The minimum absolute atomic E-state index is 0.459. The quantitative estimate of drug-likeness (QED) is 0.393. The van der Waals surface area contributed by atoms with Gasteiger partial charge in [-0.25, -0.2) is 0 Å². The van der Waals surface area contributed by atoms with Crippen LogP contribution in [0.3, 0.4) is 0 Å². The van der Waals surface area contributed by atoms with Crippen LogP contribution in [-0.4, -0.2) is 12.8 Å². The van der Waals surface area contributed by atoms with Gasteiger partial charge < -0.3 is 0 Å². The summed E-state index contributed by atoms with van der Waals surface area (Å²) in [4.78, 5) is 4.98. The summed E-state index contributed by atoms with van der Waals surface area (Å²) < 4.78 is 0. The molecule has 1 heterocycles. The summed E-state index contributed by atoms with van der Waals surface area (Å²) >= 11 is 0. The standard InChI is InChI=1S/C27H28BN/c1-17(2)20-10-11-25-23(12-20)16-26(28)29-27(25)24-14-21(18(3)4)13-22(15-24)19-8-6-5-7-9-19/h5-18H,28H2,1-4H3. The topological polar surface area (TPSA) is 12.9 Å². The normalized spacial score (nSPS) is 11.5. The van der Waals surface area contributed by atoms with Gasteiger partial charge >= 0.3 is 0 Å². The SMILES string of the molecule is Bc1cc2cc(C(C)C)ccc2c(-c2cc(-c3ccccc3)cc(C(C)C)c2)n1. The maximum atomic E-state index is 4.98. The van der Waals surface area contributed by atoms with Crippen LogP contribution in [0.25, 0.3) is 33.2 Å². The van der Waals surface area contributed by atoms with Gasteiger partial charge in [-0.1, -0.05) is 82.3 Å². The Bertz CT molecular complexity index is 1160. The first-order chi connectivity index (χ1) is 13.9. The van der Waals surface area contributed by atoms with E-state index >= 15 is 0 Å². The van der Waals surface area contributed by atoms with Gasteiger partial charge in [0.1, 0.15) is 0 Å². The van der Waals surface area contributed by atoms with E-state index in [2.05, 4.69) is 108 Å². The molecule has 0 aliphatic rings. The molecule has 3 aromatic carbocycles. The third-order valence-corrected chi connectivity index (χ3v) is 5.65. The number of aromatic nitrogens is 1. The predicted molar refractivity (Wildman–Crippen MR) is 129 cm³/mol. The molecule has 29 heavy (non-hydrogen) atoms. The molecule has 0 unspecified atom stereocenters. The minimum Gasteiger partial charge on any atom is -0.263 e. The number of rotatable bonds is 4. The summed E-state index contributed by atoms with van der Waals surface area (Å²) in [6.07, 6.45) is 0. The van der Waals surface area contributed by atoms with Crippen LogP contribution < -0.4 is 5.59 Å². The summed E-state index contributed by atoms with van der Waals surface area (Å²) in [5, 5.41) is 2.50. The Morgan fingerprint density at radius 2 is 1.34 bits per heavy atom. The molecule has 0 bridgehead atoms. The Labute approximate surface area is 175 Å². The second kappa shape index (κ2) is 7.87. The molecule has 0 aliphatic carbocycles. The van der Waals surface area contributed by atoms with E-state index in [1.807, 2.05) is 0 Å². The van der Waals surface area contributed by atoms with E-state index in [0.717, 1.165) is 11.3 Å². The van der Waals surface area contributed by atoms with E-state index in [9.17, 15) is 0 Å². The second-order valence-electron chi connectivity index (χ2n) is 8.61. The molecule has 0 amide bonds. The van der Waals surface area contributed by atoms with Crippen molar-refractivity contribution in [2.45, 2.75) is 39.5 Å². The highest BCUT2D eigenvalue weighted by Gasteiger charge is 2.13. The van der Waals surface area contributed by atoms with Crippen molar-refractivity contribution in [1.82, 2.24) is 4.98 Å². The molecule has 2 heteroatoms. The molecule has 1 nitrogen and oxygen atoms in total. The van der Waals surface area contributed by atoms with E-state index < -0.39 is 0 Å². The van der Waals surface area contributed by atoms with Crippen molar-refractivity contribution >= 4 is 24.2 Å². The molecule has 1 aromatic heterocycles. The van der Waals surface area contributed by atoms with Gasteiger partial charge in [0.05, 0.1) is 5.69 Å².